The highest BCUT2D eigenvalue weighted by atomic mass is 16.5. The van der Waals surface area contributed by atoms with E-state index in [1.165, 1.54) is 12.1 Å². The second kappa shape index (κ2) is 10.2. The van der Waals surface area contributed by atoms with Crippen LogP contribution in [-0.2, 0) is 27.3 Å². The Bertz CT molecular complexity index is 1130. The summed E-state index contributed by atoms with van der Waals surface area (Å²) < 4.78 is 23.6. The average Bonchev–Trinajstić information content (AvgIpc) is 2.78. The number of hydrogen-bond donors (Lipinski definition) is 0. The van der Waals surface area contributed by atoms with E-state index in [9.17, 15) is 9.90 Å². The molecular formula is C25H29N2O6-. The summed E-state index contributed by atoms with van der Waals surface area (Å²) in [7, 11) is 0. The quantitative estimate of drug-likeness (QED) is 0.375. The molecule has 4 bridgehead atoms. The van der Waals surface area contributed by atoms with E-state index in [1.54, 1.807) is 12.1 Å². The number of benzene rings is 2. The Morgan fingerprint density at radius 1 is 0.697 bits per heavy atom. The van der Waals surface area contributed by atoms with Gasteiger partial charge in [0.2, 0.25) is 0 Å². The smallest absolute Gasteiger partial charge is 0.182 e. The first kappa shape index (κ1) is 22.3. The topological polar surface area (TPSA) is 87.4 Å². The van der Waals surface area contributed by atoms with Gasteiger partial charge in [-0.3, -0.25) is 14.6 Å². The zero-order chi connectivity index (χ0) is 22.6. The van der Waals surface area contributed by atoms with E-state index in [2.05, 4.69) is 15.9 Å². The highest BCUT2D eigenvalue weighted by Crippen LogP contribution is 2.34. The fourth-order valence-electron chi connectivity index (χ4n) is 4.55. The lowest BCUT2D eigenvalue weighted by atomic mass is 9.98. The van der Waals surface area contributed by atoms with E-state index in [0.29, 0.717) is 64.1 Å². The van der Waals surface area contributed by atoms with Crippen molar-refractivity contribution in [1.29, 1.82) is 0 Å². The summed E-state index contributed by atoms with van der Waals surface area (Å²) in [6, 6.07) is 8.43. The van der Waals surface area contributed by atoms with Gasteiger partial charge in [-0.15, -0.1) is 5.75 Å². The van der Waals surface area contributed by atoms with Gasteiger partial charge in [-0.2, -0.15) is 0 Å². The predicted octanol–water partition coefficient (Wildman–Crippen LogP) is 1.65. The van der Waals surface area contributed by atoms with Crippen molar-refractivity contribution in [2.75, 3.05) is 65.8 Å². The molecule has 0 spiro atoms. The lowest BCUT2D eigenvalue weighted by Gasteiger charge is -2.26. The van der Waals surface area contributed by atoms with Crippen LogP contribution in [-0.4, -0.2) is 75.6 Å². The minimum atomic E-state index is -0.109. The Morgan fingerprint density at radius 2 is 1.30 bits per heavy atom. The molecule has 0 saturated carbocycles. The first-order chi connectivity index (χ1) is 16.2. The molecule has 2 atom stereocenters. The molecule has 8 nitrogen and oxygen atoms in total. The largest absolute Gasteiger partial charge is 0.872 e. The van der Waals surface area contributed by atoms with Crippen LogP contribution in [0.3, 0.4) is 0 Å². The molecule has 1 aromatic carbocycles. The maximum absolute atomic E-state index is 12.5. The van der Waals surface area contributed by atoms with Gasteiger partial charge < -0.3 is 23.7 Å². The van der Waals surface area contributed by atoms with Gasteiger partial charge in [0.25, 0.3) is 0 Å². The van der Waals surface area contributed by atoms with Gasteiger partial charge in [0.05, 0.1) is 39.6 Å². The van der Waals surface area contributed by atoms with Crippen molar-refractivity contribution in [3.8, 4) is 17.1 Å². The Balaban J connectivity index is 1.66. The fraction of sp³-hybridized carbons (Fsp3) is 0.480. The predicted molar refractivity (Wildman–Crippen MR) is 122 cm³/mol. The first-order valence-corrected chi connectivity index (χ1v) is 11.5. The molecule has 3 heterocycles. The van der Waals surface area contributed by atoms with Crippen LogP contribution in [0.5, 0.6) is 5.75 Å². The van der Waals surface area contributed by atoms with Crippen LogP contribution in [0.1, 0.15) is 11.1 Å². The molecule has 33 heavy (non-hydrogen) atoms. The third-order valence-corrected chi connectivity index (χ3v) is 6.28. The van der Waals surface area contributed by atoms with Crippen molar-refractivity contribution in [3.63, 3.8) is 0 Å². The van der Waals surface area contributed by atoms with Crippen LogP contribution >= 0.6 is 0 Å². The van der Waals surface area contributed by atoms with Crippen molar-refractivity contribution >= 4 is 11.0 Å². The summed E-state index contributed by atoms with van der Waals surface area (Å²) in [6.07, 6.45) is 0. The second-order valence-electron chi connectivity index (χ2n) is 8.62. The van der Waals surface area contributed by atoms with Crippen LogP contribution in [0.15, 0.2) is 39.5 Å². The molecule has 8 heteroatoms. The van der Waals surface area contributed by atoms with Crippen molar-refractivity contribution in [3.05, 3.63) is 51.7 Å². The van der Waals surface area contributed by atoms with Gasteiger partial charge in [0.1, 0.15) is 11.3 Å². The number of hydrogen-bond acceptors (Lipinski definition) is 8. The van der Waals surface area contributed by atoms with Crippen molar-refractivity contribution in [1.82, 2.24) is 9.80 Å². The molecule has 1 saturated heterocycles. The highest BCUT2D eigenvalue weighted by molar-refractivity contribution is 5.87. The number of rotatable bonds is 0. The van der Waals surface area contributed by atoms with Gasteiger partial charge in [0, 0.05) is 56.3 Å². The van der Waals surface area contributed by atoms with Gasteiger partial charge in [0.15, 0.2) is 5.43 Å². The van der Waals surface area contributed by atoms with Crippen LogP contribution in [0.4, 0.5) is 0 Å². The number of ether oxygens (including phenoxy) is 3. The van der Waals surface area contributed by atoms with E-state index in [4.69, 9.17) is 18.6 Å². The molecule has 5 rings (SSSR count). The van der Waals surface area contributed by atoms with Gasteiger partial charge >= 0.3 is 0 Å². The van der Waals surface area contributed by atoms with Gasteiger partial charge in [-0.1, -0.05) is 6.07 Å². The molecule has 0 N–H and O–H groups in total. The lowest BCUT2D eigenvalue weighted by molar-refractivity contribution is -0.268. The zero-order valence-electron chi connectivity index (χ0n) is 18.7. The summed E-state index contributed by atoms with van der Waals surface area (Å²) >= 11 is 0. The molecule has 1 aromatic rings. The van der Waals surface area contributed by atoms with Gasteiger partial charge in [-0.05, 0) is 29.3 Å². The monoisotopic (exact) mass is 453 g/mol. The van der Waals surface area contributed by atoms with Crippen LogP contribution in [0.2, 0.25) is 0 Å². The van der Waals surface area contributed by atoms with Crippen molar-refractivity contribution in [2.24, 2.45) is 0 Å². The molecular weight excluding hydrogens is 424 g/mol. The van der Waals surface area contributed by atoms with Crippen LogP contribution in [0, 0.1) is 0 Å². The standard InChI is InChI=1S/C25H30N2O6/c28-20-11-18-16-26-1-5-30-6-2-27(4-8-32-10-9-31-7-3-26)17-19-12-21(29)14-25-23(19)15-22(18)24(13-20)33-25/h11-15,28H,1-10,16-17H2/p-1. The van der Waals surface area contributed by atoms with Crippen LogP contribution in [0.25, 0.3) is 22.3 Å². The molecule has 0 aromatic heterocycles. The van der Waals surface area contributed by atoms with Crippen LogP contribution < -0.4 is 10.5 Å². The first-order valence-electron chi connectivity index (χ1n) is 11.5. The molecule has 4 aliphatic rings. The summed E-state index contributed by atoms with van der Waals surface area (Å²) in [5, 5.41) is 13.4. The van der Waals surface area contributed by atoms with E-state index in [0.717, 1.165) is 48.3 Å². The molecule has 2 unspecified atom stereocenters. The van der Waals surface area contributed by atoms with E-state index in [1.807, 2.05) is 0 Å². The van der Waals surface area contributed by atoms with Gasteiger partial charge in [-0.25, -0.2) is 0 Å². The lowest BCUT2D eigenvalue weighted by Crippen LogP contribution is -2.33. The number of fused-ring (bicyclic) bond motifs is 6. The maximum atomic E-state index is 12.5. The minimum absolute atomic E-state index is 0.109. The third kappa shape index (κ3) is 5.37. The SMILES string of the molecule is O=c1cc2oc3cc([O-])cc4c3cc-2c(c1)CN1CCOCCOCCN(CCOCC1)C4. The van der Waals surface area contributed by atoms with Crippen molar-refractivity contribution < 1.29 is 23.7 Å². The third-order valence-electron chi connectivity index (χ3n) is 6.28. The van der Waals surface area contributed by atoms with E-state index < -0.39 is 0 Å². The Morgan fingerprint density at radius 3 is 1.97 bits per heavy atom. The summed E-state index contributed by atoms with van der Waals surface area (Å²) in [5.74, 6) is 0.395. The Kier molecular flexibility index (Phi) is 6.89. The second-order valence-corrected chi connectivity index (χ2v) is 8.62. The maximum Gasteiger partial charge on any atom is 0.182 e. The van der Waals surface area contributed by atoms with E-state index >= 15 is 0 Å². The average molecular weight is 454 g/mol. The van der Waals surface area contributed by atoms with Crippen molar-refractivity contribution in [2.45, 2.75) is 13.1 Å². The molecule has 1 aliphatic carbocycles. The Hall–Kier alpha value is -2.49. The summed E-state index contributed by atoms with van der Waals surface area (Å²) in [4.78, 5) is 16.9. The molecule has 0 radical (unpaired) electrons. The highest BCUT2D eigenvalue weighted by Gasteiger charge is 2.19. The molecule has 176 valence electrons. The Labute approximate surface area is 192 Å². The summed E-state index contributed by atoms with van der Waals surface area (Å²) in [5.41, 5.74) is 3.10. The minimum Gasteiger partial charge on any atom is -0.872 e. The molecule has 0 amide bonds. The zero-order valence-corrected chi connectivity index (χ0v) is 18.7. The molecule has 3 aliphatic heterocycles. The molecule has 1 fully saturated rings. The fourth-order valence-corrected chi connectivity index (χ4v) is 4.55. The summed E-state index contributed by atoms with van der Waals surface area (Å²) in [6.45, 7) is 7.50. The normalized spacial score (nSPS) is 23.4. The van der Waals surface area contributed by atoms with E-state index in [-0.39, 0.29) is 11.2 Å². The number of nitrogens with zero attached hydrogens (tertiary/aromatic N) is 2.